The average Bonchev–Trinajstić information content (AvgIpc) is 2.27. The molecule has 0 amide bonds. The lowest BCUT2D eigenvalue weighted by atomic mass is 10.2. The summed E-state index contributed by atoms with van der Waals surface area (Å²) in [6.45, 7) is 0.128. The number of hydrogen-bond donors (Lipinski definition) is 0. The first-order chi connectivity index (χ1) is 7.19. The van der Waals surface area contributed by atoms with Gasteiger partial charge in [0.2, 0.25) is 0 Å². The molecule has 0 aliphatic heterocycles. The van der Waals surface area contributed by atoms with E-state index in [1.807, 2.05) is 0 Å². The lowest BCUT2D eigenvalue weighted by Gasteiger charge is -2.08. The lowest BCUT2D eigenvalue weighted by molar-refractivity contribution is 0.0498. The van der Waals surface area contributed by atoms with Crippen LogP contribution in [0.25, 0.3) is 0 Å². The van der Waals surface area contributed by atoms with E-state index < -0.39 is 5.97 Å². The van der Waals surface area contributed by atoms with Crippen LogP contribution in [0, 0.1) is 0 Å². The molecule has 1 aromatic carbocycles. The maximum absolute atomic E-state index is 11.2. The number of halogens is 1. The number of esters is 1. The second-order valence-electron chi connectivity index (χ2n) is 2.69. The van der Waals surface area contributed by atoms with Crippen molar-refractivity contribution in [3.8, 4) is 5.75 Å². The molecule has 0 unspecified atom stereocenters. The molecule has 0 aromatic heterocycles. The Kier molecular flexibility index (Phi) is 4.58. The molecule has 5 heteroatoms. The molecule has 0 fully saturated rings. The van der Waals surface area contributed by atoms with Crippen LogP contribution in [-0.2, 0) is 9.47 Å². The van der Waals surface area contributed by atoms with E-state index in [0.717, 1.165) is 4.47 Å². The molecule has 0 N–H and O–H groups in total. The standard InChI is InChI=1S/C10H11BrO4/c1-13-6-15-9-5-7(10(12)14-2)3-4-8(9)11/h3-5H,6H2,1-2H3. The lowest BCUT2D eigenvalue weighted by Crippen LogP contribution is -2.04. The molecule has 82 valence electrons. The van der Waals surface area contributed by atoms with Crippen LogP contribution in [0.1, 0.15) is 10.4 Å². The van der Waals surface area contributed by atoms with Gasteiger partial charge in [-0.3, -0.25) is 0 Å². The first kappa shape index (κ1) is 12.0. The van der Waals surface area contributed by atoms with E-state index in [4.69, 9.17) is 9.47 Å². The van der Waals surface area contributed by atoms with Gasteiger partial charge in [-0.2, -0.15) is 0 Å². The molecule has 0 saturated carbocycles. The van der Waals surface area contributed by atoms with E-state index in [1.165, 1.54) is 14.2 Å². The van der Waals surface area contributed by atoms with Gasteiger partial charge < -0.3 is 14.2 Å². The van der Waals surface area contributed by atoms with Gasteiger partial charge in [0.25, 0.3) is 0 Å². The molecule has 4 nitrogen and oxygen atoms in total. The Morgan fingerprint density at radius 2 is 2.13 bits per heavy atom. The molecule has 15 heavy (non-hydrogen) atoms. The third-order valence-corrected chi connectivity index (χ3v) is 2.34. The average molecular weight is 275 g/mol. The van der Waals surface area contributed by atoms with Crippen LogP contribution in [0.2, 0.25) is 0 Å². The van der Waals surface area contributed by atoms with Crippen molar-refractivity contribution in [2.45, 2.75) is 0 Å². The van der Waals surface area contributed by atoms with Crippen LogP contribution in [0.4, 0.5) is 0 Å². The first-order valence-electron chi connectivity index (χ1n) is 4.18. The smallest absolute Gasteiger partial charge is 0.337 e. The summed E-state index contributed by atoms with van der Waals surface area (Å²) in [4.78, 5) is 11.2. The molecule has 0 radical (unpaired) electrons. The van der Waals surface area contributed by atoms with Crippen molar-refractivity contribution >= 4 is 21.9 Å². The molecule has 1 rings (SSSR count). The summed E-state index contributed by atoms with van der Waals surface area (Å²) in [6, 6.07) is 4.96. The Bertz CT molecular complexity index is 351. The molecule has 0 heterocycles. The molecular weight excluding hydrogens is 264 g/mol. The van der Waals surface area contributed by atoms with Crippen LogP contribution in [0.5, 0.6) is 5.75 Å². The summed E-state index contributed by atoms with van der Waals surface area (Å²) in [5.41, 5.74) is 0.437. The number of ether oxygens (including phenoxy) is 3. The van der Waals surface area contributed by atoms with E-state index >= 15 is 0 Å². The van der Waals surface area contributed by atoms with Crippen molar-refractivity contribution in [1.29, 1.82) is 0 Å². The van der Waals surface area contributed by atoms with Gasteiger partial charge in [-0.1, -0.05) is 0 Å². The predicted octanol–water partition coefficient (Wildman–Crippen LogP) is 2.22. The summed E-state index contributed by atoms with van der Waals surface area (Å²) in [5, 5.41) is 0. The first-order valence-corrected chi connectivity index (χ1v) is 4.98. The van der Waals surface area contributed by atoms with Crippen LogP contribution in [0.3, 0.4) is 0 Å². The van der Waals surface area contributed by atoms with Crippen LogP contribution in [0.15, 0.2) is 22.7 Å². The van der Waals surface area contributed by atoms with Gasteiger partial charge in [0, 0.05) is 7.11 Å². The SMILES string of the molecule is COCOc1cc(C(=O)OC)ccc1Br. The second-order valence-corrected chi connectivity index (χ2v) is 3.54. The molecule has 0 saturated heterocycles. The van der Waals surface area contributed by atoms with Gasteiger partial charge in [0.1, 0.15) is 5.75 Å². The zero-order valence-corrected chi connectivity index (χ0v) is 10.0. The fraction of sp³-hybridized carbons (Fsp3) is 0.300. The van der Waals surface area contributed by atoms with Crippen molar-refractivity contribution in [1.82, 2.24) is 0 Å². The van der Waals surface area contributed by atoms with Gasteiger partial charge in [0.05, 0.1) is 17.1 Å². The highest BCUT2D eigenvalue weighted by Gasteiger charge is 2.09. The Labute approximate surface area is 96.3 Å². The molecule has 0 aliphatic rings. The summed E-state index contributed by atoms with van der Waals surface area (Å²) < 4.78 is 15.4. The van der Waals surface area contributed by atoms with Gasteiger partial charge >= 0.3 is 5.97 Å². The minimum atomic E-state index is -0.398. The molecule has 0 bridgehead atoms. The number of benzene rings is 1. The molecule has 0 atom stereocenters. The predicted molar refractivity (Wildman–Crippen MR) is 58.0 cm³/mol. The van der Waals surface area contributed by atoms with E-state index in [1.54, 1.807) is 18.2 Å². The van der Waals surface area contributed by atoms with Crippen LogP contribution >= 0.6 is 15.9 Å². The van der Waals surface area contributed by atoms with Crippen LogP contribution < -0.4 is 4.74 Å². The Balaban J connectivity index is 2.89. The van der Waals surface area contributed by atoms with Crippen molar-refractivity contribution in [2.24, 2.45) is 0 Å². The highest BCUT2D eigenvalue weighted by Crippen LogP contribution is 2.26. The quantitative estimate of drug-likeness (QED) is 0.624. The Hall–Kier alpha value is -1.07. The summed E-state index contributed by atoms with van der Waals surface area (Å²) in [5.74, 6) is 0.143. The van der Waals surface area contributed by atoms with Crippen molar-refractivity contribution in [3.05, 3.63) is 28.2 Å². The Morgan fingerprint density at radius 3 is 2.73 bits per heavy atom. The van der Waals surface area contributed by atoms with Crippen molar-refractivity contribution in [3.63, 3.8) is 0 Å². The van der Waals surface area contributed by atoms with Crippen molar-refractivity contribution < 1.29 is 19.0 Å². The third kappa shape index (κ3) is 3.21. The maximum Gasteiger partial charge on any atom is 0.337 e. The number of carbonyl (C=O) groups is 1. The second kappa shape index (κ2) is 5.72. The fourth-order valence-electron chi connectivity index (χ4n) is 0.981. The highest BCUT2D eigenvalue weighted by molar-refractivity contribution is 9.10. The number of rotatable bonds is 4. The summed E-state index contributed by atoms with van der Waals surface area (Å²) in [7, 11) is 2.86. The molecular formula is C10H11BrO4. The minimum absolute atomic E-state index is 0.128. The molecule has 0 aliphatic carbocycles. The molecule has 0 spiro atoms. The van der Waals surface area contributed by atoms with Gasteiger partial charge in [0.15, 0.2) is 6.79 Å². The van der Waals surface area contributed by atoms with E-state index in [0.29, 0.717) is 11.3 Å². The molecule has 1 aromatic rings. The third-order valence-electron chi connectivity index (χ3n) is 1.68. The van der Waals surface area contributed by atoms with Gasteiger partial charge in [-0.15, -0.1) is 0 Å². The van der Waals surface area contributed by atoms with E-state index in [2.05, 4.69) is 20.7 Å². The topological polar surface area (TPSA) is 44.8 Å². The van der Waals surface area contributed by atoms with Gasteiger partial charge in [-0.05, 0) is 34.1 Å². The zero-order chi connectivity index (χ0) is 11.3. The number of hydrogen-bond acceptors (Lipinski definition) is 4. The maximum atomic E-state index is 11.2. The van der Waals surface area contributed by atoms with Crippen molar-refractivity contribution in [2.75, 3.05) is 21.0 Å². The highest BCUT2D eigenvalue weighted by atomic mass is 79.9. The van der Waals surface area contributed by atoms with E-state index in [-0.39, 0.29) is 6.79 Å². The van der Waals surface area contributed by atoms with E-state index in [9.17, 15) is 4.79 Å². The zero-order valence-electron chi connectivity index (χ0n) is 8.45. The monoisotopic (exact) mass is 274 g/mol. The van der Waals surface area contributed by atoms with Crippen LogP contribution in [-0.4, -0.2) is 27.0 Å². The summed E-state index contributed by atoms with van der Waals surface area (Å²) >= 11 is 3.30. The number of methoxy groups -OCH3 is 2. The largest absolute Gasteiger partial charge is 0.466 e. The fourth-order valence-corrected chi connectivity index (χ4v) is 1.34. The Morgan fingerprint density at radius 1 is 1.40 bits per heavy atom. The normalized spacial score (nSPS) is 9.80. The minimum Gasteiger partial charge on any atom is -0.466 e. The summed E-state index contributed by atoms with van der Waals surface area (Å²) in [6.07, 6.45) is 0. The number of carbonyl (C=O) groups excluding carboxylic acids is 1. The van der Waals surface area contributed by atoms with Gasteiger partial charge in [-0.25, -0.2) is 4.79 Å².